The van der Waals surface area contributed by atoms with Crippen LogP contribution in [0.4, 0.5) is 0 Å². The molecular formula is C30H56O6. The van der Waals surface area contributed by atoms with E-state index in [1.807, 2.05) is 0 Å². The molecular weight excluding hydrogens is 456 g/mol. The van der Waals surface area contributed by atoms with Crippen LogP contribution in [0, 0.1) is 0 Å². The first-order chi connectivity index (χ1) is 17.5. The molecule has 0 atom stereocenters. The highest BCUT2D eigenvalue weighted by Gasteiger charge is 2.19. The quantitative estimate of drug-likeness (QED) is 0.0659. The lowest BCUT2D eigenvalue weighted by Crippen LogP contribution is -2.30. The average molecular weight is 513 g/mol. The van der Waals surface area contributed by atoms with Gasteiger partial charge in [0.25, 0.3) is 0 Å². The number of rotatable bonds is 26. The van der Waals surface area contributed by atoms with E-state index in [-0.39, 0.29) is 31.1 Å². The second-order valence-electron chi connectivity index (χ2n) is 10.0. The summed E-state index contributed by atoms with van der Waals surface area (Å²) in [6.45, 7) is 6.40. The molecule has 6 heteroatoms. The number of unbranched alkanes of at least 4 members (excludes halogenated alkanes) is 15. The van der Waals surface area contributed by atoms with Gasteiger partial charge < -0.3 is 14.2 Å². The van der Waals surface area contributed by atoms with Crippen molar-refractivity contribution in [3.63, 3.8) is 0 Å². The van der Waals surface area contributed by atoms with Crippen LogP contribution < -0.4 is 0 Å². The first-order valence-corrected chi connectivity index (χ1v) is 15.0. The molecule has 0 radical (unpaired) electrons. The molecule has 0 bridgehead atoms. The van der Waals surface area contributed by atoms with Gasteiger partial charge in [0.2, 0.25) is 0 Å². The van der Waals surface area contributed by atoms with Crippen molar-refractivity contribution in [1.82, 2.24) is 0 Å². The summed E-state index contributed by atoms with van der Waals surface area (Å²) >= 11 is 0. The molecule has 0 saturated heterocycles. The lowest BCUT2D eigenvalue weighted by Gasteiger charge is -2.18. The van der Waals surface area contributed by atoms with Crippen molar-refractivity contribution in [3.8, 4) is 0 Å². The van der Waals surface area contributed by atoms with Gasteiger partial charge in [-0.05, 0) is 19.3 Å². The average Bonchev–Trinajstić information content (AvgIpc) is 2.87. The smallest absolute Gasteiger partial charge is 0.306 e. The topological polar surface area (TPSA) is 78.9 Å². The van der Waals surface area contributed by atoms with Crippen molar-refractivity contribution >= 4 is 17.9 Å². The van der Waals surface area contributed by atoms with Crippen molar-refractivity contribution < 1.29 is 28.6 Å². The highest BCUT2D eigenvalue weighted by atomic mass is 16.6. The lowest BCUT2D eigenvalue weighted by molar-refractivity contribution is -0.167. The van der Waals surface area contributed by atoms with Gasteiger partial charge in [0.15, 0.2) is 6.10 Å². The number of hydrogen-bond donors (Lipinski definition) is 0. The minimum Gasteiger partial charge on any atom is -0.462 e. The van der Waals surface area contributed by atoms with Crippen LogP contribution in [-0.2, 0) is 28.6 Å². The third-order valence-corrected chi connectivity index (χ3v) is 6.36. The molecule has 36 heavy (non-hydrogen) atoms. The van der Waals surface area contributed by atoms with Crippen LogP contribution in [0.25, 0.3) is 0 Å². The van der Waals surface area contributed by atoms with Gasteiger partial charge in [-0.1, -0.05) is 117 Å². The van der Waals surface area contributed by atoms with Crippen molar-refractivity contribution in [2.75, 3.05) is 13.2 Å². The van der Waals surface area contributed by atoms with Crippen LogP contribution in [0.2, 0.25) is 0 Å². The van der Waals surface area contributed by atoms with Gasteiger partial charge in [0.05, 0.1) is 0 Å². The SMILES string of the molecule is CCCCCCCCC(=O)OCC(COC(=O)CCCCCCCC)OC(=O)CCCCCCCC. The van der Waals surface area contributed by atoms with E-state index in [2.05, 4.69) is 20.8 Å². The van der Waals surface area contributed by atoms with E-state index in [1.165, 1.54) is 57.8 Å². The molecule has 0 fully saturated rings. The van der Waals surface area contributed by atoms with Gasteiger partial charge in [-0.15, -0.1) is 0 Å². The van der Waals surface area contributed by atoms with Crippen LogP contribution in [0.3, 0.4) is 0 Å². The van der Waals surface area contributed by atoms with E-state index in [4.69, 9.17) is 14.2 Å². The van der Waals surface area contributed by atoms with Gasteiger partial charge in [-0.3, -0.25) is 14.4 Å². The molecule has 0 heterocycles. The molecule has 0 rings (SSSR count). The minimum absolute atomic E-state index is 0.0682. The monoisotopic (exact) mass is 512 g/mol. The summed E-state index contributed by atoms with van der Waals surface area (Å²) in [5.74, 6) is -0.906. The van der Waals surface area contributed by atoms with Gasteiger partial charge in [0, 0.05) is 19.3 Å². The fourth-order valence-electron chi connectivity index (χ4n) is 4.03. The summed E-state index contributed by atoms with van der Waals surface area (Å²) in [5, 5.41) is 0. The van der Waals surface area contributed by atoms with Crippen LogP contribution in [0.5, 0.6) is 0 Å². The van der Waals surface area contributed by atoms with E-state index in [0.717, 1.165) is 57.8 Å². The first-order valence-electron chi connectivity index (χ1n) is 15.0. The van der Waals surface area contributed by atoms with Crippen molar-refractivity contribution in [2.45, 2.75) is 162 Å². The molecule has 0 amide bonds. The zero-order chi connectivity index (χ0) is 26.7. The number of hydrogen-bond acceptors (Lipinski definition) is 6. The summed E-state index contributed by atoms with van der Waals surface area (Å²) in [6.07, 6.45) is 20.0. The molecule has 0 aromatic heterocycles. The third kappa shape index (κ3) is 24.1. The molecule has 0 aliphatic carbocycles. The van der Waals surface area contributed by atoms with Gasteiger partial charge >= 0.3 is 17.9 Å². The number of carbonyl (C=O) groups excluding carboxylic acids is 3. The molecule has 0 aromatic rings. The standard InChI is InChI=1S/C30H56O6/c1-4-7-10-13-16-19-22-28(31)34-25-27(36-30(33)24-21-18-15-12-9-6-3)26-35-29(32)23-20-17-14-11-8-5-2/h27H,4-26H2,1-3H3. The Morgan fingerprint density at radius 2 is 0.750 bits per heavy atom. The van der Waals surface area contributed by atoms with E-state index in [0.29, 0.717) is 19.3 Å². The summed E-state index contributed by atoms with van der Waals surface area (Å²) in [7, 11) is 0. The Hall–Kier alpha value is -1.59. The van der Waals surface area contributed by atoms with Crippen LogP contribution >= 0.6 is 0 Å². The van der Waals surface area contributed by atoms with E-state index in [9.17, 15) is 14.4 Å². The molecule has 0 saturated carbocycles. The fourth-order valence-corrected chi connectivity index (χ4v) is 4.03. The highest BCUT2D eigenvalue weighted by Crippen LogP contribution is 2.11. The Bertz CT molecular complexity index is 502. The Morgan fingerprint density at radius 1 is 0.444 bits per heavy atom. The van der Waals surface area contributed by atoms with Crippen LogP contribution in [0.15, 0.2) is 0 Å². The zero-order valence-electron chi connectivity index (χ0n) is 23.8. The summed E-state index contributed by atoms with van der Waals surface area (Å²) in [4.78, 5) is 36.6. The van der Waals surface area contributed by atoms with Gasteiger partial charge in [-0.2, -0.15) is 0 Å². The third-order valence-electron chi connectivity index (χ3n) is 6.36. The van der Waals surface area contributed by atoms with Crippen molar-refractivity contribution in [1.29, 1.82) is 0 Å². The lowest BCUT2D eigenvalue weighted by atomic mass is 10.1. The van der Waals surface area contributed by atoms with Crippen LogP contribution in [0.1, 0.15) is 156 Å². The Kier molecular flexibility index (Phi) is 25.3. The van der Waals surface area contributed by atoms with Crippen LogP contribution in [-0.4, -0.2) is 37.2 Å². The maximum atomic E-state index is 12.3. The van der Waals surface area contributed by atoms with E-state index in [1.54, 1.807) is 0 Å². The van der Waals surface area contributed by atoms with Crippen molar-refractivity contribution in [3.05, 3.63) is 0 Å². The molecule has 0 aromatic carbocycles. The largest absolute Gasteiger partial charge is 0.462 e. The molecule has 0 aliphatic rings. The highest BCUT2D eigenvalue weighted by molar-refractivity contribution is 5.71. The number of carbonyl (C=O) groups is 3. The molecule has 0 spiro atoms. The molecule has 0 aliphatic heterocycles. The second kappa shape index (κ2) is 26.5. The Balaban J connectivity index is 4.36. The van der Waals surface area contributed by atoms with Gasteiger partial charge in [-0.25, -0.2) is 0 Å². The van der Waals surface area contributed by atoms with E-state index >= 15 is 0 Å². The second-order valence-corrected chi connectivity index (χ2v) is 10.0. The predicted molar refractivity (Wildman–Crippen MR) is 146 cm³/mol. The summed E-state index contributed by atoms with van der Waals surface area (Å²) in [6, 6.07) is 0. The Morgan fingerprint density at radius 3 is 1.11 bits per heavy atom. The minimum atomic E-state index is -0.750. The molecule has 6 nitrogen and oxygen atoms in total. The first kappa shape index (κ1) is 34.4. The summed E-state index contributed by atoms with van der Waals surface area (Å²) < 4.78 is 16.3. The normalized spacial score (nSPS) is 11.0. The van der Waals surface area contributed by atoms with Crippen molar-refractivity contribution in [2.24, 2.45) is 0 Å². The van der Waals surface area contributed by atoms with E-state index < -0.39 is 6.10 Å². The predicted octanol–water partition coefficient (Wildman–Crippen LogP) is 8.24. The molecule has 0 unspecified atom stereocenters. The molecule has 0 N–H and O–H groups in total. The maximum Gasteiger partial charge on any atom is 0.306 e. The fraction of sp³-hybridized carbons (Fsp3) is 0.900. The number of ether oxygens (including phenoxy) is 3. The summed E-state index contributed by atoms with van der Waals surface area (Å²) in [5.41, 5.74) is 0. The molecule has 212 valence electrons. The maximum absolute atomic E-state index is 12.3. The number of esters is 3. The van der Waals surface area contributed by atoms with Gasteiger partial charge in [0.1, 0.15) is 13.2 Å². The zero-order valence-corrected chi connectivity index (χ0v) is 23.8. The Labute approximate surface area is 221 Å².